The van der Waals surface area contributed by atoms with Crippen molar-refractivity contribution in [2.45, 2.75) is 75.4 Å². The first kappa shape index (κ1) is 33.9. The van der Waals surface area contributed by atoms with E-state index in [-0.39, 0.29) is 40.5 Å². The molecule has 2 saturated heterocycles. The van der Waals surface area contributed by atoms with Crippen LogP contribution in [0.5, 0.6) is 0 Å². The summed E-state index contributed by atoms with van der Waals surface area (Å²) in [5, 5.41) is 11.2. The van der Waals surface area contributed by atoms with E-state index in [0.29, 0.717) is 17.5 Å². The van der Waals surface area contributed by atoms with Gasteiger partial charge in [-0.05, 0) is 105 Å². The molecule has 3 aromatic carbocycles. The number of fused-ring (bicyclic) bond motifs is 2. The lowest BCUT2D eigenvalue weighted by molar-refractivity contribution is -0.275. The molecule has 1 N–H and O–H groups in total. The summed E-state index contributed by atoms with van der Waals surface area (Å²) in [5.41, 5.74) is 2.72. The zero-order valence-electron chi connectivity index (χ0n) is 26.8. The van der Waals surface area contributed by atoms with Crippen LogP contribution in [0, 0.1) is 29.6 Å². The minimum atomic E-state index is -3.82. The maximum Gasteiger partial charge on any atom is 0.297 e. The fourth-order valence-corrected chi connectivity index (χ4v) is 9.42. The van der Waals surface area contributed by atoms with E-state index in [4.69, 9.17) is 36.9 Å². The van der Waals surface area contributed by atoms with Crippen LogP contribution in [0.4, 0.5) is 0 Å². The Morgan fingerprint density at radius 2 is 1.22 bits per heavy atom. The highest BCUT2D eigenvalue weighted by atomic mass is 35.5. The Morgan fingerprint density at radius 3 is 1.65 bits per heavy atom. The fraction of sp³-hybridized carbons (Fsp3) is 0.514. The molecular formula is C37H44Cl2O6S. The van der Waals surface area contributed by atoms with E-state index in [2.05, 4.69) is 26.0 Å². The Morgan fingerprint density at radius 1 is 0.761 bits per heavy atom. The van der Waals surface area contributed by atoms with Crippen molar-refractivity contribution < 1.29 is 27.2 Å². The van der Waals surface area contributed by atoms with Gasteiger partial charge in [0.05, 0.1) is 31.3 Å². The Bertz CT molecular complexity index is 1630. The van der Waals surface area contributed by atoms with Crippen LogP contribution in [0.3, 0.4) is 0 Å². The lowest BCUT2D eigenvalue weighted by Gasteiger charge is -2.55. The lowest BCUT2D eigenvalue weighted by atomic mass is 9.68. The number of ether oxygens (including phenoxy) is 2. The molecule has 6 nitrogen and oxygen atoms in total. The van der Waals surface area contributed by atoms with Crippen LogP contribution >= 0.6 is 23.2 Å². The predicted molar refractivity (Wildman–Crippen MR) is 181 cm³/mol. The first-order valence-corrected chi connectivity index (χ1v) is 18.3. The number of hydrogen-bond donors (Lipinski definition) is 1. The van der Waals surface area contributed by atoms with Crippen LogP contribution in [0.2, 0.25) is 10.0 Å². The molecule has 0 aromatic heterocycles. The fourth-order valence-electron chi connectivity index (χ4n) is 8.23. The molecule has 248 valence electrons. The summed E-state index contributed by atoms with van der Waals surface area (Å²) >= 11 is 11.9. The summed E-state index contributed by atoms with van der Waals surface area (Å²) in [5.74, 6) is 0.628. The van der Waals surface area contributed by atoms with Gasteiger partial charge in [-0.3, -0.25) is 4.18 Å². The third-order valence-corrected chi connectivity index (χ3v) is 13.3. The molecule has 0 amide bonds. The first-order chi connectivity index (χ1) is 21.8. The summed E-state index contributed by atoms with van der Waals surface area (Å²) in [6.07, 6.45) is 6.09. The summed E-state index contributed by atoms with van der Waals surface area (Å²) in [6, 6.07) is 22.5. The Balaban J connectivity index is 0.000000178. The second kappa shape index (κ2) is 12.8. The molecule has 2 aliphatic carbocycles. The van der Waals surface area contributed by atoms with Gasteiger partial charge in [0.1, 0.15) is 11.2 Å². The van der Waals surface area contributed by atoms with Crippen LogP contribution in [0.15, 0.2) is 77.7 Å². The number of halogens is 2. The van der Waals surface area contributed by atoms with Gasteiger partial charge in [-0.2, -0.15) is 8.42 Å². The van der Waals surface area contributed by atoms with Gasteiger partial charge in [-0.1, -0.05) is 79.0 Å². The van der Waals surface area contributed by atoms with Crippen LogP contribution in [-0.2, 0) is 36.6 Å². The van der Waals surface area contributed by atoms with Crippen molar-refractivity contribution in [3.63, 3.8) is 0 Å². The summed E-state index contributed by atoms with van der Waals surface area (Å²) in [6.45, 7) is 7.99. The number of benzene rings is 3. The largest absolute Gasteiger partial charge is 0.393 e. The summed E-state index contributed by atoms with van der Waals surface area (Å²) in [7, 11) is -3.82. The molecule has 7 rings (SSSR count). The average Bonchev–Trinajstić information content (AvgIpc) is 3.33. The highest BCUT2D eigenvalue weighted by molar-refractivity contribution is 7.86. The van der Waals surface area contributed by atoms with E-state index in [0.717, 1.165) is 55.7 Å². The molecule has 9 heteroatoms. The van der Waals surface area contributed by atoms with E-state index in [1.165, 1.54) is 11.1 Å². The van der Waals surface area contributed by atoms with Gasteiger partial charge in [0.15, 0.2) is 0 Å². The van der Waals surface area contributed by atoms with E-state index in [1.807, 2.05) is 43.3 Å². The van der Waals surface area contributed by atoms with Crippen LogP contribution in [-0.4, -0.2) is 51.2 Å². The minimum Gasteiger partial charge on any atom is -0.393 e. The Labute approximate surface area is 283 Å². The number of aryl methyl sites for hydroxylation is 1. The van der Waals surface area contributed by atoms with Crippen LogP contribution < -0.4 is 0 Å². The molecular weight excluding hydrogens is 643 g/mol. The summed E-state index contributed by atoms with van der Waals surface area (Å²) < 4.78 is 42.8. The van der Waals surface area contributed by atoms with Crippen molar-refractivity contribution in [3.8, 4) is 0 Å². The maximum atomic E-state index is 12.7. The quantitative estimate of drug-likeness (QED) is 0.231. The molecule has 2 aliphatic heterocycles. The van der Waals surface area contributed by atoms with Crippen molar-refractivity contribution >= 4 is 33.3 Å². The minimum absolute atomic E-state index is 0.0487. The van der Waals surface area contributed by atoms with Crippen LogP contribution in [0.25, 0.3) is 0 Å². The maximum absolute atomic E-state index is 12.7. The highest BCUT2D eigenvalue weighted by Crippen LogP contribution is 2.61. The third kappa shape index (κ3) is 6.06. The zero-order valence-corrected chi connectivity index (χ0v) is 29.1. The van der Waals surface area contributed by atoms with Gasteiger partial charge >= 0.3 is 0 Å². The third-order valence-electron chi connectivity index (χ3n) is 11.5. The molecule has 4 fully saturated rings. The van der Waals surface area contributed by atoms with Gasteiger partial charge in [-0.25, -0.2) is 0 Å². The molecule has 2 heterocycles. The predicted octanol–water partition coefficient (Wildman–Crippen LogP) is 7.84. The van der Waals surface area contributed by atoms with Crippen molar-refractivity contribution in [2.75, 3.05) is 26.4 Å². The van der Waals surface area contributed by atoms with Crippen molar-refractivity contribution in [1.82, 2.24) is 0 Å². The second-order valence-electron chi connectivity index (χ2n) is 14.3. The number of aliphatic hydroxyl groups excluding tert-OH is 1. The van der Waals surface area contributed by atoms with E-state index in [9.17, 15) is 13.5 Å². The van der Waals surface area contributed by atoms with Crippen molar-refractivity contribution in [1.29, 1.82) is 0 Å². The van der Waals surface area contributed by atoms with Gasteiger partial charge < -0.3 is 14.6 Å². The number of hydrogen-bond acceptors (Lipinski definition) is 6. The zero-order chi connectivity index (χ0) is 32.8. The molecule has 3 aromatic rings. The van der Waals surface area contributed by atoms with Crippen molar-refractivity contribution in [2.24, 2.45) is 22.7 Å². The first-order valence-electron chi connectivity index (χ1n) is 16.2. The SMILES string of the molecule is C[C@@]12CC[C@H](Cc3ccc(Cl)cc3)[C@]1(CO)OC2.Cc1ccc(S(=O)(=O)OC[C@@]23OC[C@]2(C)CC[C@@H]3Cc2ccc(Cl)cc2)cc1. The molecule has 46 heavy (non-hydrogen) atoms. The van der Waals surface area contributed by atoms with Crippen LogP contribution in [0.1, 0.15) is 56.2 Å². The molecule has 0 spiro atoms. The highest BCUT2D eigenvalue weighted by Gasteiger charge is 2.66. The normalized spacial score (nSPS) is 32.8. The molecule has 0 bridgehead atoms. The van der Waals surface area contributed by atoms with Crippen molar-refractivity contribution in [3.05, 3.63) is 99.5 Å². The molecule has 0 radical (unpaired) electrons. The smallest absolute Gasteiger partial charge is 0.297 e. The van der Waals surface area contributed by atoms with E-state index < -0.39 is 15.7 Å². The molecule has 0 unspecified atom stereocenters. The molecule has 4 aliphatic rings. The Kier molecular flexibility index (Phi) is 9.44. The monoisotopic (exact) mass is 686 g/mol. The standard InChI is InChI=1S/C22H25ClO4S.C15H19ClO2/c1-16-3-9-20(10-4-16)28(24,25)27-15-22-18(11-12-21(22,2)14-26-22)13-17-5-7-19(23)8-6-17;1-14-7-6-12(15(14,9-17)18-10-14)8-11-2-4-13(16)5-3-11/h3-10,18H,11-15H2,1-2H3;2-5,12,17H,6-10H2,1H3/t18-,21+,22+;12-,14+,15+/m11/s1. The number of aliphatic hydroxyl groups is 1. The second-order valence-corrected chi connectivity index (χ2v) is 16.8. The van der Waals surface area contributed by atoms with E-state index in [1.54, 1.807) is 24.3 Å². The topological polar surface area (TPSA) is 82.1 Å². The van der Waals surface area contributed by atoms with Gasteiger partial charge in [0.2, 0.25) is 0 Å². The molecule has 2 saturated carbocycles. The van der Waals surface area contributed by atoms with Gasteiger partial charge in [-0.15, -0.1) is 0 Å². The molecule has 6 atom stereocenters. The Hall–Kier alpha value is -1.97. The average molecular weight is 688 g/mol. The lowest BCUT2D eigenvalue weighted by Crippen LogP contribution is -2.64. The van der Waals surface area contributed by atoms with E-state index >= 15 is 0 Å². The van der Waals surface area contributed by atoms with Gasteiger partial charge in [0, 0.05) is 20.9 Å². The number of rotatable bonds is 9. The summed E-state index contributed by atoms with van der Waals surface area (Å²) in [4.78, 5) is 0.183. The van der Waals surface area contributed by atoms with Gasteiger partial charge in [0.25, 0.3) is 10.1 Å².